The number of ketones is 1. The lowest BCUT2D eigenvalue weighted by Crippen LogP contribution is -2.47. The molecule has 0 radical (unpaired) electrons. The highest BCUT2D eigenvalue weighted by Gasteiger charge is 2.31. The van der Waals surface area contributed by atoms with Crippen LogP contribution in [0.2, 0.25) is 0 Å². The van der Waals surface area contributed by atoms with Crippen LogP contribution in [0, 0.1) is 5.92 Å². The summed E-state index contributed by atoms with van der Waals surface area (Å²) in [5, 5.41) is 10.1. The van der Waals surface area contributed by atoms with E-state index in [4.69, 9.17) is 0 Å². The highest BCUT2D eigenvalue weighted by Crippen LogP contribution is 2.16. The summed E-state index contributed by atoms with van der Waals surface area (Å²) in [5.41, 5.74) is 0. The molecule has 0 bridgehead atoms. The van der Waals surface area contributed by atoms with Gasteiger partial charge in [-0.05, 0) is 26.9 Å². The molecule has 1 unspecified atom stereocenters. The Morgan fingerprint density at radius 2 is 1.38 bits per heavy atom. The summed E-state index contributed by atoms with van der Waals surface area (Å²) in [6.45, 7) is 11.2. The Labute approximate surface area is 131 Å². The van der Waals surface area contributed by atoms with E-state index >= 15 is 0 Å². The molecular formula is C16H36N2O3. The summed E-state index contributed by atoms with van der Waals surface area (Å²) in [7, 11) is 6.84. The minimum Gasteiger partial charge on any atom is -0.391 e. The lowest BCUT2D eigenvalue weighted by Gasteiger charge is -2.30. The standard InChI is InChI=1S/C12H24N2O3.2C2H6/c1-8(7-10(16)13(3)4)12(17)11(9(2)15)14(5)6;2*1-2/h8,11-12,17H,7H2,1-6H3;2*1-2H3/t8-,11-,12?;;/m1../s1. The van der Waals surface area contributed by atoms with E-state index in [1.165, 1.54) is 11.8 Å². The van der Waals surface area contributed by atoms with Crippen molar-refractivity contribution >= 4 is 11.7 Å². The molecule has 0 fully saturated rings. The molecule has 5 nitrogen and oxygen atoms in total. The average Bonchev–Trinajstić information content (AvgIpc) is 2.42. The van der Waals surface area contributed by atoms with Gasteiger partial charge in [-0.3, -0.25) is 14.5 Å². The maximum Gasteiger partial charge on any atom is 0.222 e. The number of carbonyl (C=O) groups is 2. The average molecular weight is 304 g/mol. The monoisotopic (exact) mass is 304 g/mol. The number of hydrogen-bond donors (Lipinski definition) is 1. The van der Waals surface area contributed by atoms with Gasteiger partial charge in [-0.1, -0.05) is 34.6 Å². The van der Waals surface area contributed by atoms with Crippen molar-refractivity contribution in [2.45, 2.75) is 60.1 Å². The molecule has 0 saturated carbocycles. The molecule has 1 amide bonds. The first-order chi connectivity index (χ1) is 9.68. The third-order valence-electron chi connectivity index (χ3n) is 2.87. The van der Waals surface area contributed by atoms with Gasteiger partial charge in [0, 0.05) is 20.5 Å². The van der Waals surface area contributed by atoms with Crippen molar-refractivity contribution in [2.75, 3.05) is 28.2 Å². The van der Waals surface area contributed by atoms with Crippen LogP contribution in [0.3, 0.4) is 0 Å². The third-order valence-corrected chi connectivity index (χ3v) is 2.87. The summed E-state index contributed by atoms with van der Waals surface area (Å²) in [6, 6.07) is -0.556. The van der Waals surface area contributed by atoms with E-state index in [0.29, 0.717) is 0 Å². The molecule has 1 N–H and O–H groups in total. The Balaban J connectivity index is -0.000000739. The van der Waals surface area contributed by atoms with Crippen LogP contribution in [0.25, 0.3) is 0 Å². The van der Waals surface area contributed by atoms with E-state index in [2.05, 4.69) is 0 Å². The first-order valence-corrected chi connectivity index (χ1v) is 7.73. The molecule has 0 aliphatic carbocycles. The summed E-state index contributed by atoms with van der Waals surface area (Å²) < 4.78 is 0. The van der Waals surface area contributed by atoms with E-state index in [1.54, 1.807) is 40.0 Å². The van der Waals surface area contributed by atoms with E-state index in [-0.39, 0.29) is 24.0 Å². The van der Waals surface area contributed by atoms with Crippen molar-refractivity contribution < 1.29 is 14.7 Å². The van der Waals surface area contributed by atoms with Crippen molar-refractivity contribution in [1.29, 1.82) is 0 Å². The first kappa shape index (κ1) is 25.0. The van der Waals surface area contributed by atoms with Crippen LogP contribution in [0.4, 0.5) is 0 Å². The largest absolute Gasteiger partial charge is 0.391 e. The molecule has 0 aromatic heterocycles. The van der Waals surface area contributed by atoms with Crippen LogP contribution in [0.15, 0.2) is 0 Å². The van der Waals surface area contributed by atoms with Crippen LogP contribution in [-0.4, -0.2) is 66.9 Å². The first-order valence-electron chi connectivity index (χ1n) is 7.73. The number of likely N-dealkylation sites (N-methyl/N-ethyl adjacent to an activating group) is 1. The molecule has 0 aromatic carbocycles. The zero-order chi connectivity index (χ0) is 17.7. The number of Topliss-reactive ketones (excluding diaryl/α,β-unsaturated/α-hetero) is 1. The Morgan fingerprint density at radius 1 is 1.00 bits per heavy atom. The molecule has 0 aliphatic heterocycles. The van der Waals surface area contributed by atoms with E-state index in [0.717, 1.165) is 0 Å². The second kappa shape index (κ2) is 14.0. The molecule has 128 valence electrons. The Bertz CT molecular complexity index is 279. The van der Waals surface area contributed by atoms with Crippen LogP contribution in [-0.2, 0) is 9.59 Å². The molecule has 21 heavy (non-hydrogen) atoms. The van der Waals surface area contributed by atoms with Gasteiger partial charge in [-0.15, -0.1) is 0 Å². The van der Waals surface area contributed by atoms with Gasteiger partial charge in [-0.25, -0.2) is 0 Å². The van der Waals surface area contributed by atoms with Crippen molar-refractivity contribution in [1.82, 2.24) is 9.80 Å². The smallest absolute Gasteiger partial charge is 0.222 e. The number of carbonyl (C=O) groups excluding carboxylic acids is 2. The summed E-state index contributed by atoms with van der Waals surface area (Å²) in [5.74, 6) is -0.384. The minimum atomic E-state index is -0.827. The maximum absolute atomic E-state index is 11.5. The maximum atomic E-state index is 11.5. The minimum absolute atomic E-state index is 0.0439. The fourth-order valence-corrected chi connectivity index (χ4v) is 1.80. The molecule has 0 aromatic rings. The molecule has 0 aliphatic rings. The van der Waals surface area contributed by atoms with Gasteiger partial charge >= 0.3 is 0 Å². The lowest BCUT2D eigenvalue weighted by molar-refractivity contribution is -0.133. The summed E-state index contributed by atoms with van der Waals surface area (Å²) in [4.78, 5) is 26.2. The molecule has 3 atom stereocenters. The van der Waals surface area contributed by atoms with Gasteiger partial charge < -0.3 is 10.0 Å². The van der Waals surface area contributed by atoms with Crippen molar-refractivity contribution in [3.63, 3.8) is 0 Å². The number of amides is 1. The van der Waals surface area contributed by atoms with Gasteiger partial charge in [0.2, 0.25) is 5.91 Å². The van der Waals surface area contributed by atoms with Crippen LogP contribution < -0.4 is 0 Å². The fourth-order valence-electron chi connectivity index (χ4n) is 1.80. The second-order valence-electron chi connectivity index (χ2n) is 4.98. The van der Waals surface area contributed by atoms with Gasteiger partial charge in [0.05, 0.1) is 12.1 Å². The van der Waals surface area contributed by atoms with Crippen LogP contribution in [0.1, 0.15) is 48.0 Å². The van der Waals surface area contributed by atoms with Gasteiger partial charge in [0.25, 0.3) is 0 Å². The number of nitrogens with zero attached hydrogens (tertiary/aromatic N) is 2. The van der Waals surface area contributed by atoms with Crippen molar-refractivity contribution in [3.8, 4) is 0 Å². The quantitative estimate of drug-likeness (QED) is 0.815. The summed E-state index contributed by atoms with van der Waals surface area (Å²) >= 11 is 0. The third kappa shape index (κ3) is 10.4. The van der Waals surface area contributed by atoms with E-state index < -0.39 is 12.1 Å². The molecule has 0 heterocycles. The highest BCUT2D eigenvalue weighted by molar-refractivity contribution is 5.82. The Morgan fingerprint density at radius 3 is 1.62 bits per heavy atom. The second-order valence-corrected chi connectivity index (χ2v) is 4.98. The highest BCUT2D eigenvalue weighted by atomic mass is 16.3. The predicted molar refractivity (Wildman–Crippen MR) is 89.3 cm³/mol. The fraction of sp³-hybridized carbons (Fsp3) is 0.875. The molecule has 5 heteroatoms. The zero-order valence-corrected chi connectivity index (χ0v) is 15.6. The van der Waals surface area contributed by atoms with Gasteiger partial charge in [0.1, 0.15) is 5.78 Å². The molecule has 0 saturated heterocycles. The molecular weight excluding hydrogens is 268 g/mol. The summed E-state index contributed by atoms with van der Waals surface area (Å²) in [6.07, 6.45) is -0.586. The van der Waals surface area contributed by atoms with Gasteiger partial charge in [0.15, 0.2) is 0 Å². The SMILES string of the molecule is CC.CC.CC(=O)[C@H](C(O)[C@H](C)CC(=O)N(C)C)N(C)C. The predicted octanol–water partition coefficient (Wildman–Crippen LogP) is 2.03. The van der Waals surface area contributed by atoms with Gasteiger partial charge in [-0.2, -0.15) is 0 Å². The zero-order valence-electron chi connectivity index (χ0n) is 15.6. The Kier molecular flexibility index (Phi) is 16.7. The topological polar surface area (TPSA) is 60.9 Å². The van der Waals surface area contributed by atoms with E-state index in [1.807, 2.05) is 27.7 Å². The van der Waals surface area contributed by atoms with Crippen molar-refractivity contribution in [3.05, 3.63) is 0 Å². The van der Waals surface area contributed by atoms with Crippen LogP contribution >= 0.6 is 0 Å². The normalized spacial score (nSPS) is 13.9. The van der Waals surface area contributed by atoms with E-state index in [9.17, 15) is 14.7 Å². The number of aliphatic hydroxyl groups is 1. The molecule has 0 spiro atoms. The number of rotatable bonds is 6. The Hall–Kier alpha value is -0.940. The lowest BCUT2D eigenvalue weighted by atomic mass is 9.92. The van der Waals surface area contributed by atoms with Crippen molar-refractivity contribution in [2.24, 2.45) is 5.92 Å². The number of aliphatic hydroxyl groups excluding tert-OH is 1. The van der Waals surface area contributed by atoms with Crippen LogP contribution in [0.5, 0.6) is 0 Å². The number of hydrogen-bond acceptors (Lipinski definition) is 4. The molecule has 0 rings (SSSR count).